The van der Waals surface area contributed by atoms with Gasteiger partial charge in [0.15, 0.2) is 0 Å². The number of aryl methyl sites for hydroxylation is 1. The van der Waals surface area contributed by atoms with Gasteiger partial charge in [-0.1, -0.05) is 15.9 Å². The van der Waals surface area contributed by atoms with Crippen molar-refractivity contribution in [3.8, 4) is 0 Å². The van der Waals surface area contributed by atoms with Crippen molar-refractivity contribution in [3.63, 3.8) is 0 Å². The first kappa shape index (κ1) is 14.6. The molecule has 106 valence electrons. The molecule has 20 heavy (non-hydrogen) atoms. The molecule has 0 spiro atoms. The fourth-order valence-corrected chi connectivity index (χ4v) is 2.98. The molecular formula is C12H11BrN2O4S. The maximum Gasteiger partial charge on any atom is 0.354 e. The number of aromatic carboxylic acids is 1. The molecule has 6 nitrogen and oxygen atoms in total. The van der Waals surface area contributed by atoms with E-state index in [1.807, 2.05) is 0 Å². The van der Waals surface area contributed by atoms with Gasteiger partial charge in [-0.3, -0.25) is 4.72 Å². The molecular weight excluding hydrogens is 348 g/mol. The summed E-state index contributed by atoms with van der Waals surface area (Å²) >= 11 is 3.22. The van der Waals surface area contributed by atoms with E-state index in [0.717, 1.165) is 4.47 Å². The summed E-state index contributed by atoms with van der Waals surface area (Å²) in [6.07, 6.45) is 0. The van der Waals surface area contributed by atoms with Crippen LogP contribution in [0, 0.1) is 6.92 Å². The van der Waals surface area contributed by atoms with Crippen LogP contribution in [0.25, 0.3) is 0 Å². The summed E-state index contributed by atoms with van der Waals surface area (Å²) in [6.45, 7) is 1.64. The van der Waals surface area contributed by atoms with E-state index in [2.05, 4.69) is 25.6 Å². The first-order valence-corrected chi connectivity index (χ1v) is 7.78. The highest BCUT2D eigenvalue weighted by Gasteiger charge is 2.20. The van der Waals surface area contributed by atoms with Crippen LogP contribution < -0.4 is 4.72 Å². The second-order valence-corrected chi connectivity index (χ2v) is 6.70. The number of carboxylic acids is 1. The lowest BCUT2D eigenvalue weighted by atomic mass is 10.4. The minimum Gasteiger partial charge on any atom is -0.477 e. The number of H-pyrrole nitrogens is 1. The predicted octanol–water partition coefficient (Wildman–Crippen LogP) is 2.58. The molecule has 0 atom stereocenters. The van der Waals surface area contributed by atoms with Crippen LogP contribution in [0.2, 0.25) is 0 Å². The molecule has 0 unspecified atom stereocenters. The van der Waals surface area contributed by atoms with E-state index in [1.165, 1.54) is 18.2 Å². The van der Waals surface area contributed by atoms with E-state index < -0.39 is 16.0 Å². The topological polar surface area (TPSA) is 99.3 Å². The monoisotopic (exact) mass is 358 g/mol. The summed E-state index contributed by atoms with van der Waals surface area (Å²) in [5, 5.41) is 9.01. The molecule has 0 aliphatic rings. The lowest BCUT2D eigenvalue weighted by Crippen LogP contribution is -2.14. The predicted molar refractivity (Wildman–Crippen MR) is 77.4 cm³/mol. The van der Waals surface area contributed by atoms with Gasteiger partial charge in [-0.15, -0.1) is 0 Å². The molecule has 0 fully saturated rings. The van der Waals surface area contributed by atoms with Crippen LogP contribution in [0.15, 0.2) is 39.7 Å². The Morgan fingerprint density at radius 1 is 1.30 bits per heavy atom. The molecule has 1 heterocycles. The smallest absolute Gasteiger partial charge is 0.354 e. The third kappa shape index (κ3) is 3.02. The Kier molecular flexibility index (Phi) is 3.87. The summed E-state index contributed by atoms with van der Waals surface area (Å²) < 4.78 is 27.3. The third-order valence-electron chi connectivity index (χ3n) is 2.53. The highest BCUT2D eigenvalue weighted by Crippen LogP contribution is 2.22. The van der Waals surface area contributed by atoms with Gasteiger partial charge in [0.25, 0.3) is 10.0 Å². The SMILES string of the molecule is Cc1cc(NS(=O)(=O)c2ccc(Br)cc2)c(C(=O)O)[nH]1. The molecule has 0 radical (unpaired) electrons. The fraction of sp³-hybridized carbons (Fsp3) is 0.0833. The molecule has 0 saturated heterocycles. The normalized spacial score (nSPS) is 11.3. The van der Waals surface area contributed by atoms with Gasteiger partial charge in [0.05, 0.1) is 10.6 Å². The van der Waals surface area contributed by atoms with Crippen molar-refractivity contribution in [2.24, 2.45) is 0 Å². The molecule has 0 aliphatic heterocycles. The maximum atomic E-state index is 12.2. The van der Waals surface area contributed by atoms with Crippen molar-refractivity contribution in [2.45, 2.75) is 11.8 Å². The number of nitrogens with one attached hydrogen (secondary N) is 2. The molecule has 0 aliphatic carbocycles. The molecule has 1 aromatic heterocycles. The fourth-order valence-electron chi connectivity index (χ4n) is 1.66. The van der Waals surface area contributed by atoms with Crippen molar-refractivity contribution in [3.05, 3.63) is 46.2 Å². The number of halogens is 1. The van der Waals surface area contributed by atoms with Crippen LogP contribution in [0.4, 0.5) is 5.69 Å². The Morgan fingerprint density at radius 2 is 1.90 bits per heavy atom. The van der Waals surface area contributed by atoms with Crippen LogP contribution in [-0.4, -0.2) is 24.5 Å². The van der Waals surface area contributed by atoms with Gasteiger partial charge in [-0.2, -0.15) is 0 Å². The first-order valence-electron chi connectivity index (χ1n) is 5.51. The highest BCUT2D eigenvalue weighted by atomic mass is 79.9. The quantitative estimate of drug-likeness (QED) is 0.781. The summed E-state index contributed by atoms with van der Waals surface area (Å²) in [5.74, 6) is -1.23. The number of anilines is 1. The number of hydrogen-bond acceptors (Lipinski definition) is 3. The van der Waals surface area contributed by atoms with E-state index in [-0.39, 0.29) is 16.3 Å². The number of hydrogen-bond donors (Lipinski definition) is 3. The van der Waals surface area contributed by atoms with E-state index >= 15 is 0 Å². The van der Waals surface area contributed by atoms with Crippen molar-refractivity contribution in [1.29, 1.82) is 0 Å². The van der Waals surface area contributed by atoms with Crippen molar-refractivity contribution < 1.29 is 18.3 Å². The third-order valence-corrected chi connectivity index (χ3v) is 4.44. The Morgan fingerprint density at radius 3 is 2.45 bits per heavy atom. The second kappa shape index (κ2) is 5.29. The Bertz CT molecular complexity index is 750. The summed E-state index contributed by atoms with van der Waals surface area (Å²) in [7, 11) is -3.83. The van der Waals surface area contributed by atoms with Crippen LogP contribution in [0.5, 0.6) is 0 Å². The zero-order valence-corrected chi connectivity index (χ0v) is 12.7. The lowest BCUT2D eigenvalue weighted by molar-refractivity contribution is 0.0692. The van der Waals surface area contributed by atoms with E-state index in [1.54, 1.807) is 19.1 Å². The number of sulfonamides is 1. The zero-order chi connectivity index (χ0) is 14.9. The van der Waals surface area contributed by atoms with Gasteiger partial charge in [0, 0.05) is 10.2 Å². The molecule has 1 aromatic carbocycles. The molecule has 8 heteroatoms. The molecule has 0 amide bonds. The lowest BCUT2D eigenvalue weighted by Gasteiger charge is -2.07. The Labute approximate surface area is 124 Å². The maximum absolute atomic E-state index is 12.2. The number of aromatic nitrogens is 1. The minimum absolute atomic E-state index is 0.0120. The number of carbonyl (C=O) groups is 1. The van der Waals surface area contributed by atoms with E-state index in [4.69, 9.17) is 5.11 Å². The van der Waals surface area contributed by atoms with E-state index in [9.17, 15) is 13.2 Å². The van der Waals surface area contributed by atoms with Gasteiger partial charge >= 0.3 is 5.97 Å². The van der Waals surface area contributed by atoms with Crippen LogP contribution in [0.1, 0.15) is 16.2 Å². The van der Waals surface area contributed by atoms with Crippen molar-refractivity contribution in [1.82, 2.24) is 4.98 Å². The van der Waals surface area contributed by atoms with Gasteiger partial charge in [-0.25, -0.2) is 13.2 Å². The minimum atomic E-state index is -3.83. The largest absolute Gasteiger partial charge is 0.477 e. The first-order chi connectivity index (χ1) is 9.29. The number of rotatable bonds is 4. The summed E-state index contributed by atoms with van der Waals surface area (Å²) in [6, 6.07) is 7.46. The van der Waals surface area contributed by atoms with E-state index in [0.29, 0.717) is 5.69 Å². The van der Waals surface area contributed by atoms with Crippen LogP contribution >= 0.6 is 15.9 Å². The van der Waals surface area contributed by atoms with Crippen LogP contribution in [-0.2, 0) is 10.0 Å². The summed E-state index contributed by atoms with van der Waals surface area (Å²) in [5.41, 5.74) is 0.372. The number of benzene rings is 1. The molecule has 2 aromatic rings. The molecule has 0 saturated carbocycles. The van der Waals surface area contributed by atoms with Gasteiger partial charge in [-0.05, 0) is 37.3 Å². The highest BCUT2D eigenvalue weighted by molar-refractivity contribution is 9.10. The number of aromatic amines is 1. The van der Waals surface area contributed by atoms with Gasteiger partial charge in [0.2, 0.25) is 0 Å². The molecule has 3 N–H and O–H groups in total. The average Bonchev–Trinajstić information content (AvgIpc) is 2.70. The van der Waals surface area contributed by atoms with Gasteiger partial charge < -0.3 is 10.1 Å². The Hall–Kier alpha value is -1.80. The Balaban J connectivity index is 2.38. The van der Waals surface area contributed by atoms with Gasteiger partial charge in [0.1, 0.15) is 5.69 Å². The molecule has 0 bridgehead atoms. The van der Waals surface area contributed by atoms with Crippen LogP contribution in [0.3, 0.4) is 0 Å². The molecule has 2 rings (SSSR count). The standard InChI is InChI=1S/C12H11BrN2O4S/c1-7-6-10(11(14-7)12(16)17)15-20(18,19)9-4-2-8(13)3-5-9/h2-6,14-15H,1H3,(H,16,17). The van der Waals surface area contributed by atoms with Crippen molar-refractivity contribution >= 4 is 37.6 Å². The van der Waals surface area contributed by atoms with Crippen molar-refractivity contribution in [2.75, 3.05) is 4.72 Å². The summed E-state index contributed by atoms with van der Waals surface area (Å²) in [4.78, 5) is 13.7. The number of carboxylic acid groups (broad SMARTS) is 1. The second-order valence-electron chi connectivity index (χ2n) is 4.11. The average molecular weight is 359 g/mol. The zero-order valence-electron chi connectivity index (χ0n) is 10.3.